The summed E-state index contributed by atoms with van der Waals surface area (Å²) in [6, 6.07) is 5.95. The Morgan fingerprint density at radius 3 is 2.53 bits per heavy atom. The number of aromatic nitrogens is 5. The van der Waals surface area contributed by atoms with Crippen LogP contribution in [0.15, 0.2) is 27.8 Å². The number of anilines is 1. The maximum absolute atomic E-state index is 12.5. The van der Waals surface area contributed by atoms with Crippen LogP contribution < -0.4 is 20.9 Å². The Labute approximate surface area is 208 Å². The van der Waals surface area contributed by atoms with Gasteiger partial charge in [0.25, 0.3) is 5.56 Å². The summed E-state index contributed by atoms with van der Waals surface area (Å²) in [6.45, 7) is 7.96. The van der Waals surface area contributed by atoms with Gasteiger partial charge in [0.15, 0.2) is 11.2 Å². The first-order valence-electron chi connectivity index (χ1n) is 12.2. The summed E-state index contributed by atoms with van der Waals surface area (Å²) in [5, 5.41) is 12.3. The third kappa shape index (κ3) is 3.79. The summed E-state index contributed by atoms with van der Waals surface area (Å²) in [6.07, 6.45) is -0.638. The molecular formula is C25H33N7O4. The normalized spacial score (nSPS) is 15.8. The number of benzene rings is 1. The predicted octanol–water partition coefficient (Wildman–Crippen LogP) is 1.11. The van der Waals surface area contributed by atoms with Crippen LogP contribution in [0.5, 0.6) is 5.75 Å². The zero-order chi connectivity index (χ0) is 25.7. The molecule has 0 radical (unpaired) electrons. The molecule has 2 N–H and O–H groups in total. The summed E-state index contributed by atoms with van der Waals surface area (Å²) in [5.74, 6) is 1.46. The second-order valence-corrected chi connectivity index (χ2v) is 9.39. The van der Waals surface area contributed by atoms with Gasteiger partial charge in [-0.25, -0.2) is 4.79 Å². The van der Waals surface area contributed by atoms with E-state index in [0.29, 0.717) is 43.3 Å². The minimum atomic E-state index is -0.638. The number of ether oxygens (including phenoxy) is 1. The SMILES string of the molecule is CCn1c(N2CCN(CC(O)c3c(C)n(C)c4ccc(OC)cc34)CC2)nc2c1c(=O)[nH]c(=O)n2C. The maximum Gasteiger partial charge on any atom is 0.329 e. The number of methoxy groups -OCH3 is 1. The zero-order valence-corrected chi connectivity index (χ0v) is 21.4. The Morgan fingerprint density at radius 1 is 1.14 bits per heavy atom. The minimum absolute atomic E-state index is 0.389. The van der Waals surface area contributed by atoms with Crippen molar-refractivity contribution in [3.05, 3.63) is 50.3 Å². The van der Waals surface area contributed by atoms with Gasteiger partial charge in [-0.2, -0.15) is 4.98 Å². The number of nitrogens with zero attached hydrogens (tertiary/aromatic N) is 6. The van der Waals surface area contributed by atoms with Crippen molar-refractivity contribution in [1.29, 1.82) is 0 Å². The highest BCUT2D eigenvalue weighted by Crippen LogP contribution is 2.33. The molecule has 4 aromatic rings. The van der Waals surface area contributed by atoms with Gasteiger partial charge in [0, 0.05) is 75.5 Å². The topological polar surface area (TPSA) is 114 Å². The van der Waals surface area contributed by atoms with E-state index in [2.05, 4.69) is 24.3 Å². The number of aliphatic hydroxyl groups is 1. The van der Waals surface area contributed by atoms with Crippen molar-refractivity contribution < 1.29 is 9.84 Å². The van der Waals surface area contributed by atoms with Gasteiger partial charge in [-0.3, -0.25) is 19.2 Å². The number of aromatic amines is 1. The lowest BCUT2D eigenvalue weighted by Gasteiger charge is -2.36. The molecule has 1 aromatic carbocycles. The molecule has 0 bridgehead atoms. The van der Waals surface area contributed by atoms with E-state index in [1.807, 2.05) is 43.7 Å². The number of piperazine rings is 1. The molecule has 4 heterocycles. The lowest BCUT2D eigenvalue weighted by molar-refractivity contribution is 0.109. The average molecular weight is 496 g/mol. The summed E-state index contributed by atoms with van der Waals surface area (Å²) in [5.41, 5.74) is 2.95. The highest BCUT2D eigenvalue weighted by molar-refractivity contribution is 5.87. The Bertz CT molecular complexity index is 1550. The van der Waals surface area contributed by atoms with Crippen molar-refractivity contribution in [3.63, 3.8) is 0 Å². The van der Waals surface area contributed by atoms with Crippen molar-refractivity contribution in [2.24, 2.45) is 14.1 Å². The van der Waals surface area contributed by atoms with E-state index in [1.54, 1.807) is 14.2 Å². The number of aryl methyl sites for hydroxylation is 3. The first-order valence-corrected chi connectivity index (χ1v) is 12.2. The summed E-state index contributed by atoms with van der Waals surface area (Å²) in [7, 11) is 5.27. The average Bonchev–Trinajstić information content (AvgIpc) is 3.38. The molecule has 11 heteroatoms. The van der Waals surface area contributed by atoms with Crippen molar-refractivity contribution in [2.45, 2.75) is 26.5 Å². The number of rotatable bonds is 6. The van der Waals surface area contributed by atoms with Gasteiger partial charge in [-0.1, -0.05) is 0 Å². The van der Waals surface area contributed by atoms with Crippen LogP contribution in [0.4, 0.5) is 5.95 Å². The van der Waals surface area contributed by atoms with Gasteiger partial charge in [0.05, 0.1) is 13.2 Å². The van der Waals surface area contributed by atoms with E-state index in [4.69, 9.17) is 4.74 Å². The second kappa shape index (κ2) is 9.14. The number of H-pyrrole nitrogens is 1. The summed E-state index contributed by atoms with van der Waals surface area (Å²) < 4.78 is 10.8. The predicted molar refractivity (Wildman–Crippen MR) is 139 cm³/mol. The lowest BCUT2D eigenvalue weighted by Crippen LogP contribution is -2.48. The molecule has 1 aliphatic heterocycles. The van der Waals surface area contributed by atoms with E-state index in [-0.39, 0.29) is 0 Å². The molecular weight excluding hydrogens is 462 g/mol. The highest BCUT2D eigenvalue weighted by atomic mass is 16.5. The van der Waals surface area contributed by atoms with E-state index in [1.165, 1.54) is 4.57 Å². The largest absolute Gasteiger partial charge is 0.497 e. The smallest absolute Gasteiger partial charge is 0.329 e. The van der Waals surface area contributed by atoms with Crippen LogP contribution in [-0.2, 0) is 20.6 Å². The number of imidazole rings is 1. The van der Waals surface area contributed by atoms with Crippen LogP contribution >= 0.6 is 0 Å². The molecule has 36 heavy (non-hydrogen) atoms. The standard InChI is InChI=1S/C25H33N7O4/c1-6-32-21-22(29(4)25(35)27-23(21)34)26-24(32)31-11-9-30(10-12-31)14-19(33)20-15(2)28(3)18-8-7-16(36-5)13-17(18)20/h7-8,13,19,33H,6,9-12,14H2,1-5H3,(H,27,34,35). The van der Waals surface area contributed by atoms with Crippen LogP contribution in [0.1, 0.15) is 24.3 Å². The van der Waals surface area contributed by atoms with Crippen LogP contribution in [0.2, 0.25) is 0 Å². The molecule has 0 spiro atoms. The summed E-state index contributed by atoms with van der Waals surface area (Å²) >= 11 is 0. The van der Waals surface area contributed by atoms with E-state index in [9.17, 15) is 14.7 Å². The molecule has 0 amide bonds. The number of aliphatic hydroxyl groups excluding tert-OH is 1. The van der Waals surface area contributed by atoms with Crippen molar-refractivity contribution in [1.82, 2.24) is 28.6 Å². The molecule has 1 saturated heterocycles. The molecule has 1 fully saturated rings. The van der Waals surface area contributed by atoms with Gasteiger partial charge in [0.2, 0.25) is 5.95 Å². The zero-order valence-electron chi connectivity index (χ0n) is 21.4. The van der Waals surface area contributed by atoms with Gasteiger partial charge >= 0.3 is 5.69 Å². The van der Waals surface area contributed by atoms with Crippen LogP contribution in [0, 0.1) is 6.92 Å². The molecule has 11 nitrogen and oxygen atoms in total. The molecule has 1 aliphatic rings. The Hall–Kier alpha value is -3.57. The second-order valence-electron chi connectivity index (χ2n) is 9.39. The van der Waals surface area contributed by atoms with E-state index in [0.717, 1.165) is 41.0 Å². The van der Waals surface area contributed by atoms with Crippen molar-refractivity contribution in [3.8, 4) is 5.75 Å². The van der Waals surface area contributed by atoms with E-state index < -0.39 is 17.4 Å². The highest BCUT2D eigenvalue weighted by Gasteiger charge is 2.27. The fraction of sp³-hybridized carbons (Fsp3) is 0.480. The molecule has 3 aromatic heterocycles. The molecule has 1 atom stereocenters. The Morgan fingerprint density at radius 2 is 1.86 bits per heavy atom. The first kappa shape index (κ1) is 24.1. The summed E-state index contributed by atoms with van der Waals surface area (Å²) in [4.78, 5) is 36.0. The molecule has 192 valence electrons. The molecule has 0 saturated carbocycles. The fourth-order valence-electron chi connectivity index (χ4n) is 5.36. The monoisotopic (exact) mass is 495 g/mol. The Balaban J connectivity index is 1.36. The van der Waals surface area contributed by atoms with Gasteiger partial charge < -0.3 is 23.9 Å². The van der Waals surface area contributed by atoms with Gasteiger partial charge in [0.1, 0.15) is 5.75 Å². The van der Waals surface area contributed by atoms with Crippen molar-refractivity contribution >= 4 is 28.0 Å². The molecule has 1 unspecified atom stereocenters. The van der Waals surface area contributed by atoms with Crippen molar-refractivity contribution in [2.75, 3.05) is 44.7 Å². The minimum Gasteiger partial charge on any atom is -0.497 e. The number of hydrogen-bond acceptors (Lipinski definition) is 7. The number of β-amino-alcohol motifs (C(OH)–C–C–N with tert-alkyl or cyclic N) is 1. The number of nitrogens with one attached hydrogen (secondary N) is 1. The number of hydrogen-bond donors (Lipinski definition) is 2. The van der Waals surface area contributed by atoms with Crippen LogP contribution in [0.25, 0.3) is 22.1 Å². The van der Waals surface area contributed by atoms with Gasteiger partial charge in [-0.15, -0.1) is 0 Å². The molecule has 5 rings (SSSR count). The maximum atomic E-state index is 12.5. The van der Waals surface area contributed by atoms with E-state index >= 15 is 0 Å². The quantitative estimate of drug-likeness (QED) is 0.412. The first-order chi connectivity index (χ1) is 17.2. The third-order valence-electron chi connectivity index (χ3n) is 7.47. The van der Waals surface area contributed by atoms with Crippen LogP contribution in [-0.4, -0.2) is 73.5 Å². The fourth-order valence-corrected chi connectivity index (χ4v) is 5.36. The van der Waals surface area contributed by atoms with Gasteiger partial charge in [-0.05, 0) is 32.0 Å². The Kier molecular flexibility index (Phi) is 6.13. The third-order valence-corrected chi connectivity index (χ3v) is 7.47. The molecule has 0 aliphatic carbocycles. The van der Waals surface area contributed by atoms with Crippen LogP contribution in [0.3, 0.4) is 0 Å². The lowest BCUT2D eigenvalue weighted by atomic mass is 10.0. The number of fused-ring (bicyclic) bond motifs is 2.